The van der Waals surface area contributed by atoms with Gasteiger partial charge in [0.05, 0.1) is 12.5 Å². The first-order valence-electron chi connectivity index (χ1n) is 10.7. The highest BCUT2D eigenvalue weighted by atomic mass is 16.7. The molecule has 0 aliphatic carbocycles. The highest BCUT2D eigenvalue weighted by molar-refractivity contribution is 5.95. The molecule has 2 aromatic heterocycles. The van der Waals surface area contributed by atoms with Crippen LogP contribution in [0.5, 0.6) is 11.5 Å². The van der Waals surface area contributed by atoms with Gasteiger partial charge in [-0.05, 0) is 40.6 Å². The molecule has 0 spiro atoms. The van der Waals surface area contributed by atoms with Crippen LogP contribution >= 0.6 is 0 Å². The number of hydrogen-bond acceptors (Lipinski definition) is 9. The van der Waals surface area contributed by atoms with Gasteiger partial charge in [-0.2, -0.15) is 0 Å². The van der Waals surface area contributed by atoms with Gasteiger partial charge in [0.25, 0.3) is 5.91 Å². The number of amides is 2. The van der Waals surface area contributed by atoms with E-state index in [2.05, 4.69) is 41.2 Å². The summed E-state index contributed by atoms with van der Waals surface area (Å²) in [6, 6.07) is 13.9. The van der Waals surface area contributed by atoms with E-state index in [0.29, 0.717) is 17.3 Å². The molecule has 0 bridgehead atoms. The van der Waals surface area contributed by atoms with Crippen LogP contribution < -0.4 is 20.1 Å². The lowest BCUT2D eigenvalue weighted by molar-refractivity contribution is -0.115. The summed E-state index contributed by atoms with van der Waals surface area (Å²) in [7, 11) is 0. The molecule has 12 heteroatoms. The number of tetrazole rings is 1. The normalized spacial score (nSPS) is 12.7. The maximum absolute atomic E-state index is 12.7. The number of H-pyrrole nitrogens is 1. The fourth-order valence-corrected chi connectivity index (χ4v) is 3.54. The molecule has 0 radical (unpaired) electrons. The number of ether oxygens (including phenoxy) is 2. The highest BCUT2D eigenvalue weighted by Gasteiger charge is 2.17. The Morgan fingerprint density at radius 3 is 2.69 bits per heavy atom. The van der Waals surface area contributed by atoms with Gasteiger partial charge in [-0.3, -0.25) is 9.59 Å². The number of nitrogens with zero attached hydrogens (tertiary/aromatic N) is 5. The number of benzene rings is 2. The van der Waals surface area contributed by atoms with E-state index in [0.717, 1.165) is 16.7 Å². The Morgan fingerprint density at radius 2 is 1.89 bits per heavy atom. The summed E-state index contributed by atoms with van der Waals surface area (Å²) in [6.45, 7) is 2.03. The Bertz CT molecular complexity index is 1360. The van der Waals surface area contributed by atoms with E-state index in [4.69, 9.17) is 9.47 Å². The van der Waals surface area contributed by atoms with Crippen molar-refractivity contribution < 1.29 is 19.1 Å². The van der Waals surface area contributed by atoms with Crippen LogP contribution in [0, 0.1) is 0 Å². The van der Waals surface area contributed by atoms with Gasteiger partial charge in [0.1, 0.15) is 17.8 Å². The molecule has 3 heterocycles. The summed E-state index contributed by atoms with van der Waals surface area (Å²) >= 11 is 0. The van der Waals surface area contributed by atoms with Gasteiger partial charge < -0.3 is 20.1 Å². The van der Waals surface area contributed by atoms with Gasteiger partial charge in [-0.25, -0.2) is 15.1 Å². The third-order valence-electron chi connectivity index (χ3n) is 5.35. The first-order valence-corrected chi connectivity index (χ1v) is 10.7. The Balaban J connectivity index is 1.19. The molecule has 0 saturated carbocycles. The van der Waals surface area contributed by atoms with Crippen molar-refractivity contribution in [3.05, 3.63) is 71.7 Å². The number of carbonyl (C=O) groups excluding carboxylic acids is 2. The molecule has 1 aliphatic heterocycles. The molecule has 0 unspecified atom stereocenters. The van der Waals surface area contributed by atoms with Gasteiger partial charge in [-0.15, -0.1) is 5.10 Å². The van der Waals surface area contributed by atoms with Crippen LogP contribution in [0.2, 0.25) is 0 Å². The van der Waals surface area contributed by atoms with Crippen molar-refractivity contribution in [2.75, 3.05) is 12.1 Å². The number of fused-ring (bicyclic) bond motifs is 1. The zero-order chi connectivity index (χ0) is 24.2. The molecule has 2 aromatic carbocycles. The second kappa shape index (κ2) is 9.55. The van der Waals surface area contributed by atoms with E-state index in [-0.39, 0.29) is 36.7 Å². The summed E-state index contributed by atoms with van der Waals surface area (Å²) in [5.74, 6) is 1.36. The van der Waals surface area contributed by atoms with Crippen molar-refractivity contribution in [1.29, 1.82) is 0 Å². The second-order valence-electron chi connectivity index (χ2n) is 7.77. The first-order chi connectivity index (χ1) is 17.0. The van der Waals surface area contributed by atoms with Crippen molar-refractivity contribution in [3.8, 4) is 22.9 Å². The molecular formula is C23H20N8O4. The van der Waals surface area contributed by atoms with Gasteiger partial charge >= 0.3 is 0 Å². The summed E-state index contributed by atoms with van der Waals surface area (Å²) in [4.78, 5) is 33.3. The maximum Gasteiger partial charge on any atom is 0.270 e. The molecule has 1 atom stereocenters. The molecule has 5 rings (SSSR count). The summed E-state index contributed by atoms with van der Waals surface area (Å²) in [5, 5.41) is 19.3. The molecule has 176 valence electrons. The fourth-order valence-electron chi connectivity index (χ4n) is 3.54. The number of rotatable bonds is 7. The molecule has 4 aromatic rings. The average molecular weight is 472 g/mol. The van der Waals surface area contributed by atoms with E-state index in [9.17, 15) is 9.59 Å². The summed E-state index contributed by atoms with van der Waals surface area (Å²) in [5.41, 5.74) is 2.61. The molecule has 12 nitrogen and oxygen atoms in total. The van der Waals surface area contributed by atoms with Crippen molar-refractivity contribution in [2.24, 2.45) is 0 Å². The lowest BCUT2D eigenvalue weighted by atomic mass is 10.1. The molecule has 3 N–H and O–H groups in total. The molecule has 35 heavy (non-hydrogen) atoms. The maximum atomic E-state index is 12.7. The minimum atomic E-state index is -0.394. The Morgan fingerprint density at radius 1 is 1.06 bits per heavy atom. The molecule has 0 fully saturated rings. The van der Waals surface area contributed by atoms with Crippen molar-refractivity contribution in [2.45, 2.75) is 19.4 Å². The first kappa shape index (κ1) is 21.9. The largest absolute Gasteiger partial charge is 0.454 e. The summed E-state index contributed by atoms with van der Waals surface area (Å²) < 4.78 is 10.6. The smallest absolute Gasteiger partial charge is 0.270 e. The number of hydrogen-bond donors (Lipinski definition) is 3. The van der Waals surface area contributed by atoms with Crippen LogP contribution in [0.4, 0.5) is 5.82 Å². The van der Waals surface area contributed by atoms with E-state index < -0.39 is 5.91 Å². The van der Waals surface area contributed by atoms with Crippen molar-refractivity contribution in [1.82, 2.24) is 35.9 Å². The van der Waals surface area contributed by atoms with Crippen molar-refractivity contribution in [3.63, 3.8) is 0 Å². The lowest BCUT2D eigenvalue weighted by Crippen LogP contribution is -2.27. The number of aromatic nitrogens is 6. The van der Waals surface area contributed by atoms with Gasteiger partial charge in [0, 0.05) is 11.6 Å². The van der Waals surface area contributed by atoms with Crippen LogP contribution in [-0.4, -0.2) is 49.2 Å². The van der Waals surface area contributed by atoms with Crippen LogP contribution in [-0.2, 0) is 11.2 Å². The standard InChI is InChI=1S/C23H20N8O4/c1-13(15-3-5-16(6-4-15)22-28-30-31-29-22)26-23(33)17-10-20(25-11-24-17)27-21(32)9-14-2-7-18-19(8-14)35-12-34-18/h2-8,10-11,13H,9,12H2,1H3,(H,26,33)(H,24,25,27,32)(H,28,29,30,31)/t13-/m0/s1. The monoisotopic (exact) mass is 472 g/mol. The van der Waals surface area contributed by atoms with Gasteiger partial charge in [0.15, 0.2) is 17.3 Å². The predicted octanol–water partition coefficient (Wildman–Crippen LogP) is 2.06. The van der Waals surface area contributed by atoms with E-state index in [1.165, 1.54) is 12.4 Å². The third-order valence-corrected chi connectivity index (χ3v) is 5.35. The lowest BCUT2D eigenvalue weighted by Gasteiger charge is -2.14. The Kier molecular flexibility index (Phi) is 5.99. The van der Waals surface area contributed by atoms with Crippen LogP contribution in [0.25, 0.3) is 11.4 Å². The van der Waals surface area contributed by atoms with E-state index in [1.54, 1.807) is 18.2 Å². The number of anilines is 1. The average Bonchev–Trinajstić information content (AvgIpc) is 3.56. The summed E-state index contributed by atoms with van der Waals surface area (Å²) in [6.07, 6.45) is 1.34. The van der Waals surface area contributed by atoms with E-state index >= 15 is 0 Å². The fraction of sp³-hybridized carbons (Fsp3) is 0.174. The van der Waals surface area contributed by atoms with Gasteiger partial charge in [0.2, 0.25) is 12.7 Å². The molecule has 2 amide bonds. The Labute approximate surface area is 199 Å². The molecule has 0 saturated heterocycles. The predicted molar refractivity (Wildman–Crippen MR) is 122 cm³/mol. The Hall–Kier alpha value is -4.87. The topological polar surface area (TPSA) is 157 Å². The van der Waals surface area contributed by atoms with Crippen molar-refractivity contribution >= 4 is 17.6 Å². The molecular weight excluding hydrogens is 452 g/mol. The second-order valence-corrected chi connectivity index (χ2v) is 7.77. The quantitative estimate of drug-likeness (QED) is 0.366. The molecule has 1 aliphatic rings. The number of nitrogens with one attached hydrogen (secondary N) is 3. The van der Waals surface area contributed by atoms with Gasteiger partial charge in [-0.1, -0.05) is 30.3 Å². The van der Waals surface area contributed by atoms with Crippen LogP contribution in [0.3, 0.4) is 0 Å². The zero-order valence-corrected chi connectivity index (χ0v) is 18.6. The minimum Gasteiger partial charge on any atom is -0.454 e. The zero-order valence-electron chi connectivity index (χ0n) is 18.6. The third kappa shape index (κ3) is 5.05. The van der Waals surface area contributed by atoms with E-state index in [1.807, 2.05) is 31.2 Å². The van der Waals surface area contributed by atoms with Crippen LogP contribution in [0.15, 0.2) is 54.9 Å². The highest BCUT2D eigenvalue weighted by Crippen LogP contribution is 2.32. The number of carbonyl (C=O) groups is 2. The minimum absolute atomic E-state index is 0.110. The van der Waals surface area contributed by atoms with Crippen LogP contribution in [0.1, 0.15) is 34.6 Å². The number of aromatic amines is 1. The SMILES string of the molecule is C[C@H](NC(=O)c1cc(NC(=O)Cc2ccc3c(c2)OCO3)ncn1)c1ccc(-c2nnn[nH]2)cc1.